The van der Waals surface area contributed by atoms with Gasteiger partial charge in [0.15, 0.2) is 0 Å². The first kappa shape index (κ1) is 22.2. The third-order valence-electron chi connectivity index (χ3n) is 3.90. The van der Waals surface area contributed by atoms with Gasteiger partial charge in [0.1, 0.15) is 12.4 Å². The van der Waals surface area contributed by atoms with Crippen LogP contribution in [0.1, 0.15) is 23.1 Å². The van der Waals surface area contributed by atoms with E-state index in [2.05, 4.69) is 26.0 Å². The van der Waals surface area contributed by atoms with Crippen LogP contribution in [0.2, 0.25) is 0 Å². The van der Waals surface area contributed by atoms with Crippen molar-refractivity contribution in [2.24, 2.45) is 0 Å². The van der Waals surface area contributed by atoms with Gasteiger partial charge in [-0.25, -0.2) is 0 Å². The van der Waals surface area contributed by atoms with Gasteiger partial charge in [-0.2, -0.15) is 13.2 Å². The van der Waals surface area contributed by atoms with Gasteiger partial charge in [-0.15, -0.1) is 0 Å². The highest BCUT2D eigenvalue weighted by atomic mass is 79.9. The number of rotatable bonds is 9. The highest BCUT2D eigenvalue weighted by molar-refractivity contribution is 9.10. The van der Waals surface area contributed by atoms with Crippen LogP contribution in [0.5, 0.6) is 5.75 Å². The zero-order valence-corrected chi connectivity index (χ0v) is 16.9. The van der Waals surface area contributed by atoms with Crippen LogP contribution in [0.4, 0.5) is 13.2 Å². The fourth-order valence-electron chi connectivity index (χ4n) is 2.45. The summed E-state index contributed by atoms with van der Waals surface area (Å²) in [6.07, 6.45) is -3.38. The molecule has 4 nitrogen and oxygen atoms in total. The fraction of sp³-hybridized carbons (Fsp3) is 0.350. The minimum Gasteiger partial charge on any atom is -0.496 e. The second kappa shape index (κ2) is 10.5. The molecule has 0 fully saturated rings. The number of methoxy groups -OCH3 is 1. The molecule has 0 aliphatic carbocycles. The molecule has 0 atom stereocenters. The summed E-state index contributed by atoms with van der Waals surface area (Å²) >= 11 is 3.42. The summed E-state index contributed by atoms with van der Waals surface area (Å²) in [5, 5.41) is 2.83. The Hall–Kier alpha value is -2.06. The summed E-state index contributed by atoms with van der Waals surface area (Å²) in [5.41, 5.74) is 2.52. The van der Waals surface area contributed by atoms with Crippen molar-refractivity contribution in [3.8, 4) is 5.75 Å². The monoisotopic (exact) mass is 459 g/mol. The number of hydrogen-bond acceptors (Lipinski definition) is 3. The molecular weight excluding hydrogens is 439 g/mol. The molecule has 0 unspecified atom stereocenters. The quantitative estimate of drug-likeness (QED) is 0.586. The van der Waals surface area contributed by atoms with Crippen molar-refractivity contribution in [2.45, 2.75) is 32.2 Å². The van der Waals surface area contributed by atoms with E-state index >= 15 is 0 Å². The number of carbonyl (C=O) groups is 1. The van der Waals surface area contributed by atoms with Gasteiger partial charge < -0.3 is 14.8 Å². The minimum absolute atomic E-state index is 0.0791. The van der Waals surface area contributed by atoms with Gasteiger partial charge in [0.2, 0.25) is 5.91 Å². The molecule has 2 aromatic carbocycles. The predicted octanol–water partition coefficient (Wildman–Crippen LogP) is 4.79. The molecule has 0 saturated carbocycles. The summed E-state index contributed by atoms with van der Waals surface area (Å²) in [6.45, 7) is -1.02. The second-order valence-corrected chi connectivity index (χ2v) is 7.02. The molecule has 0 aliphatic rings. The predicted molar refractivity (Wildman–Crippen MR) is 103 cm³/mol. The van der Waals surface area contributed by atoms with Crippen molar-refractivity contribution in [3.63, 3.8) is 0 Å². The lowest BCUT2D eigenvalue weighted by Gasteiger charge is -2.09. The fourth-order valence-corrected chi connectivity index (χ4v) is 3.04. The van der Waals surface area contributed by atoms with E-state index in [0.29, 0.717) is 24.9 Å². The van der Waals surface area contributed by atoms with Gasteiger partial charge >= 0.3 is 6.18 Å². The third kappa shape index (κ3) is 7.90. The Morgan fingerprint density at radius 2 is 1.71 bits per heavy atom. The molecule has 1 amide bonds. The Kier molecular flexibility index (Phi) is 8.32. The van der Waals surface area contributed by atoms with Gasteiger partial charge in [0.25, 0.3) is 0 Å². The maximum Gasteiger partial charge on any atom is 0.411 e. The number of nitrogens with one attached hydrogen (secondary N) is 1. The molecule has 0 aliphatic heterocycles. The van der Waals surface area contributed by atoms with Crippen LogP contribution in [-0.2, 0) is 29.1 Å². The average molecular weight is 460 g/mol. The SMILES string of the molecule is COc1ccc(CCC(=O)NCc2ccc(COCC(F)(F)F)cc2)cc1Br. The molecule has 152 valence electrons. The molecule has 28 heavy (non-hydrogen) atoms. The van der Waals surface area contributed by atoms with Crippen molar-refractivity contribution >= 4 is 21.8 Å². The molecule has 0 bridgehead atoms. The van der Waals surface area contributed by atoms with E-state index in [9.17, 15) is 18.0 Å². The molecule has 0 heterocycles. The number of benzene rings is 2. The zero-order valence-electron chi connectivity index (χ0n) is 15.3. The Labute approximate surface area is 170 Å². The van der Waals surface area contributed by atoms with E-state index in [1.165, 1.54) is 0 Å². The van der Waals surface area contributed by atoms with Crippen molar-refractivity contribution < 1.29 is 27.4 Å². The lowest BCUT2D eigenvalue weighted by molar-refractivity contribution is -0.176. The highest BCUT2D eigenvalue weighted by Gasteiger charge is 2.27. The smallest absolute Gasteiger partial charge is 0.411 e. The van der Waals surface area contributed by atoms with E-state index in [1.54, 1.807) is 31.4 Å². The minimum atomic E-state index is -4.33. The van der Waals surface area contributed by atoms with Gasteiger partial charge in [-0.05, 0) is 51.2 Å². The van der Waals surface area contributed by atoms with Crippen LogP contribution < -0.4 is 10.1 Å². The van der Waals surface area contributed by atoms with Crippen LogP contribution in [-0.4, -0.2) is 25.8 Å². The molecule has 1 N–H and O–H groups in total. The number of hydrogen-bond donors (Lipinski definition) is 1. The largest absolute Gasteiger partial charge is 0.496 e. The van der Waals surface area contributed by atoms with Crippen LogP contribution in [0.3, 0.4) is 0 Å². The van der Waals surface area contributed by atoms with Gasteiger partial charge in [-0.1, -0.05) is 30.3 Å². The first-order valence-corrected chi connectivity index (χ1v) is 9.37. The standard InChI is InChI=1S/C20H21BrF3NO3/c1-27-18-8-6-14(10-17(18)21)7-9-19(26)25-11-15-2-4-16(5-3-15)12-28-13-20(22,23)24/h2-6,8,10H,7,9,11-13H2,1H3,(H,25,26). The Balaban J connectivity index is 1.72. The van der Waals surface area contributed by atoms with Crippen molar-refractivity contribution in [1.82, 2.24) is 5.32 Å². The maximum atomic E-state index is 12.1. The van der Waals surface area contributed by atoms with Crippen LogP contribution >= 0.6 is 15.9 Å². The Bertz CT molecular complexity index is 779. The lowest BCUT2D eigenvalue weighted by atomic mass is 10.1. The van der Waals surface area contributed by atoms with Crippen molar-refractivity contribution in [3.05, 3.63) is 63.6 Å². The first-order valence-electron chi connectivity index (χ1n) is 8.58. The summed E-state index contributed by atoms with van der Waals surface area (Å²) in [6, 6.07) is 12.6. The van der Waals surface area contributed by atoms with Gasteiger partial charge in [-0.3, -0.25) is 4.79 Å². The van der Waals surface area contributed by atoms with E-state index in [4.69, 9.17) is 4.74 Å². The summed E-state index contributed by atoms with van der Waals surface area (Å²) in [7, 11) is 1.59. The zero-order chi connectivity index (χ0) is 20.6. The van der Waals surface area contributed by atoms with E-state index in [-0.39, 0.29) is 12.5 Å². The van der Waals surface area contributed by atoms with Crippen molar-refractivity contribution in [1.29, 1.82) is 0 Å². The van der Waals surface area contributed by atoms with Gasteiger partial charge in [0, 0.05) is 13.0 Å². The molecule has 8 heteroatoms. The lowest BCUT2D eigenvalue weighted by Crippen LogP contribution is -2.23. The van der Waals surface area contributed by atoms with Crippen molar-refractivity contribution in [2.75, 3.05) is 13.7 Å². The molecular formula is C20H21BrF3NO3. The molecule has 2 rings (SSSR count). The number of ether oxygens (including phenoxy) is 2. The summed E-state index contributed by atoms with van der Waals surface area (Å²) < 4.78 is 46.8. The first-order chi connectivity index (χ1) is 13.3. The Morgan fingerprint density at radius 1 is 1.07 bits per heavy atom. The molecule has 0 aromatic heterocycles. The van der Waals surface area contributed by atoms with Gasteiger partial charge in [0.05, 0.1) is 18.2 Å². The number of aryl methyl sites for hydroxylation is 1. The number of halogens is 4. The average Bonchev–Trinajstić information content (AvgIpc) is 2.65. The van der Waals surface area contributed by atoms with E-state index in [1.807, 2.05) is 18.2 Å². The third-order valence-corrected chi connectivity index (χ3v) is 4.52. The Morgan fingerprint density at radius 3 is 2.32 bits per heavy atom. The molecule has 0 spiro atoms. The second-order valence-electron chi connectivity index (χ2n) is 6.17. The topological polar surface area (TPSA) is 47.6 Å². The maximum absolute atomic E-state index is 12.1. The molecule has 2 aromatic rings. The van der Waals surface area contributed by atoms with E-state index in [0.717, 1.165) is 21.3 Å². The molecule has 0 saturated heterocycles. The summed E-state index contributed by atoms with van der Waals surface area (Å²) in [4.78, 5) is 12.0. The van der Waals surface area contributed by atoms with Crippen LogP contribution in [0.15, 0.2) is 46.9 Å². The van der Waals surface area contributed by atoms with Crippen LogP contribution in [0, 0.1) is 0 Å². The molecule has 0 radical (unpaired) electrons. The van der Waals surface area contributed by atoms with E-state index < -0.39 is 12.8 Å². The number of alkyl halides is 3. The number of amides is 1. The van der Waals surface area contributed by atoms with Crippen LogP contribution in [0.25, 0.3) is 0 Å². The highest BCUT2D eigenvalue weighted by Crippen LogP contribution is 2.26. The summed E-state index contributed by atoms with van der Waals surface area (Å²) in [5.74, 6) is 0.657. The normalized spacial score (nSPS) is 11.3. The number of carbonyl (C=O) groups excluding carboxylic acids is 1.